The van der Waals surface area contributed by atoms with Crippen molar-refractivity contribution in [2.45, 2.75) is 19.2 Å². The second-order valence-electron chi connectivity index (χ2n) is 5.34. The van der Waals surface area contributed by atoms with Crippen molar-refractivity contribution in [2.24, 2.45) is 0 Å². The number of benzene rings is 2. The number of thioether (sulfide) groups is 1. The van der Waals surface area contributed by atoms with Crippen LogP contribution in [-0.4, -0.2) is 24.6 Å². The second kappa shape index (κ2) is 9.13. The summed E-state index contributed by atoms with van der Waals surface area (Å²) in [4.78, 5) is 23.4. The van der Waals surface area contributed by atoms with Crippen molar-refractivity contribution in [3.05, 3.63) is 65.2 Å². The summed E-state index contributed by atoms with van der Waals surface area (Å²) in [6.07, 6.45) is 0. The van der Waals surface area contributed by atoms with Crippen LogP contribution < -0.4 is 10.1 Å². The summed E-state index contributed by atoms with van der Waals surface area (Å²) < 4.78 is 5.32. The Morgan fingerprint density at radius 3 is 2.54 bits per heavy atom. The molecule has 0 radical (unpaired) electrons. The van der Waals surface area contributed by atoms with Gasteiger partial charge in [0.25, 0.3) is 0 Å². The van der Waals surface area contributed by atoms with Crippen molar-refractivity contribution in [3.63, 3.8) is 0 Å². The zero-order valence-corrected chi connectivity index (χ0v) is 14.7. The highest BCUT2D eigenvalue weighted by Crippen LogP contribution is 2.24. The number of rotatable bonds is 8. The summed E-state index contributed by atoms with van der Waals surface area (Å²) in [5.41, 5.74) is 2.65. The molecule has 0 bridgehead atoms. The van der Waals surface area contributed by atoms with E-state index in [9.17, 15) is 9.59 Å². The lowest BCUT2D eigenvalue weighted by Gasteiger charge is -2.10. The van der Waals surface area contributed by atoms with E-state index in [-0.39, 0.29) is 11.7 Å². The minimum absolute atomic E-state index is 0.00876. The Hall–Kier alpha value is -2.27. The van der Waals surface area contributed by atoms with Crippen LogP contribution in [0, 0.1) is 0 Å². The van der Waals surface area contributed by atoms with Crippen LogP contribution in [0.3, 0.4) is 0 Å². The molecule has 2 aromatic carbocycles. The lowest BCUT2D eigenvalue weighted by Crippen LogP contribution is -2.24. The minimum Gasteiger partial charge on any atom is -0.496 e. The van der Waals surface area contributed by atoms with Gasteiger partial charge in [-0.15, -0.1) is 11.8 Å². The van der Waals surface area contributed by atoms with Gasteiger partial charge in [-0.3, -0.25) is 9.59 Å². The number of ether oxygens (including phenoxy) is 1. The van der Waals surface area contributed by atoms with E-state index in [1.54, 1.807) is 19.2 Å². The Balaban J connectivity index is 1.83. The third-order valence-corrected chi connectivity index (χ3v) is 4.49. The van der Waals surface area contributed by atoms with Gasteiger partial charge in [0.2, 0.25) is 5.91 Å². The maximum atomic E-state index is 11.9. The quantitative estimate of drug-likeness (QED) is 0.746. The van der Waals surface area contributed by atoms with Gasteiger partial charge in [0.05, 0.1) is 12.9 Å². The molecule has 1 amide bonds. The van der Waals surface area contributed by atoms with Crippen molar-refractivity contribution in [2.75, 3.05) is 12.9 Å². The van der Waals surface area contributed by atoms with E-state index in [1.165, 1.54) is 18.7 Å². The molecular formula is C19H21NO3S. The molecule has 0 atom stereocenters. The van der Waals surface area contributed by atoms with Gasteiger partial charge in [-0.25, -0.2) is 0 Å². The molecule has 0 aromatic heterocycles. The molecule has 0 aliphatic rings. The molecule has 1 N–H and O–H groups in total. The van der Waals surface area contributed by atoms with Gasteiger partial charge in [0.15, 0.2) is 5.78 Å². The maximum Gasteiger partial charge on any atom is 0.230 e. The average molecular weight is 343 g/mol. The Bertz CT molecular complexity index is 701. The molecule has 4 nitrogen and oxygen atoms in total. The fraction of sp³-hybridized carbons (Fsp3) is 0.263. The number of amides is 1. The Labute approximate surface area is 146 Å². The topological polar surface area (TPSA) is 55.4 Å². The highest BCUT2D eigenvalue weighted by molar-refractivity contribution is 7.99. The minimum atomic E-state index is -0.00876. The first-order valence-corrected chi connectivity index (χ1v) is 8.82. The van der Waals surface area contributed by atoms with Gasteiger partial charge < -0.3 is 10.1 Å². The molecule has 0 aliphatic carbocycles. The van der Waals surface area contributed by atoms with Crippen LogP contribution in [0.5, 0.6) is 5.75 Å². The normalized spacial score (nSPS) is 10.2. The molecule has 0 saturated heterocycles. The van der Waals surface area contributed by atoms with E-state index in [0.29, 0.717) is 23.6 Å². The molecule has 0 saturated carbocycles. The van der Waals surface area contributed by atoms with E-state index in [1.807, 2.05) is 36.4 Å². The van der Waals surface area contributed by atoms with Gasteiger partial charge in [-0.05, 0) is 30.7 Å². The van der Waals surface area contributed by atoms with Crippen molar-refractivity contribution < 1.29 is 14.3 Å². The van der Waals surface area contributed by atoms with Crippen molar-refractivity contribution in [3.8, 4) is 5.75 Å². The summed E-state index contributed by atoms with van der Waals surface area (Å²) in [6, 6.07) is 15.2. The molecule has 0 unspecified atom stereocenters. The molecule has 24 heavy (non-hydrogen) atoms. The molecule has 126 valence electrons. The Kier molecular flexibility index (Phi) is 6.88. The van der Waals surface area contributed by atoms with Crippen molar-refractivity contribution >= 4 is 23.5 Å². The van der Waals surface area contributed by atoms with E-state index in [2.05, 4.69) is 5.32 Å². The van der Waals surface area contributed by atoms with E-state index in [0.717, 1.165) is 16.9 Å². The van der Waals surface area contributed by atoms with Crippen LogP contribution in [-0.2, 0) is 17.1 Å². The monoisotopic (exact) mass is 343 g/mol. The number of carbonyl (C=O) groups is 2. The highest BCUT2D eigenvalue weighted by Gasteiger charge is 2.09. The molecule has 5 heteroatoms. The van der Waals surface area contributed by atoms with Crippen LogP contribution in [0.15, 0.2) is 48.5 Å². The van der Waals surface area contributed by atoms with Crippen LogP contribution >= 0.6 is 11.8 Å². The van der Waals surface area contributed by atoms with E-state index in [4.69, 9.17) is 4.74 Å². The Morgan fingerprint density at radius 2 is 1.88 bits per heavy atom. The average Bonchev–Trinajstić information content (AvgIpc) is 2.60. The number of nitrogens with one attached hydrogen (secondary N) is 1. The van der Waals surface area contributed by atoms with Crippen LogP contribution in [0.25, 0.3) is 0 Å². The molecule has 2 rings (SSSR count). The summed E-state index contributed by atoms with van der Waals surface area (Å²) in [5, 5.41) is 2.90. The van der Waals surface area contributed by atoms with Crippen molar-refractivity contribution in [1.29, 1.82) is 0 Å². The smallest absolute Gasteiger partial charge is 0.230 e. The first-order valence-electron chi connectivity index (χ1n) is 7.66. The highest BCUT2D eigenvalue weighted by atomic mass is 32.2. The van der Waals surface area contributed by atoms with E-state index >= 15 is 0 Å². The van der Waals surface area contributed by atoms with Gasteiger partial charge in [0, 0.05) is 23.4 Å². The third-order valence-electron chi connectivity index (χ3n) is 3.51. The number of Topliss-reactive ketones (excluding diaryl/α,β-unsaturated/α-hetero) is 1. The molecule has 0 aliphatic heterocycles. The van der Waals surface area contributed by atoms with Gasteiger partial charge in [-0.2, -0.15) is 0 Å². The molecule has 0 heterocycles. The number of hydrogen-bond donors (Lipinski definition) is 1. The number of hydrogen-bond acceptors (Lipinski definition) is 4. The molecule has 2 aromatic rings. The predicted molar refractivity (Wildman–Crippen MR) is 97.4 cm³/mol. The summed E-state index contributed by atoms with van der Waals surface area (Å²) in [7, 11) is 1.60. The summed E-state index contributed by atoms with van der Waals surface area (Å²) in [6.45, 7) is 2.07. The number of methoxy groups -OCH3 is 1. The lowest BCUT2D eigenvalue weighted by molar-refractivity contribution is -0.118. The standard InChI is InChI=1S/C19H21NO3S/c1-14(21)16-8-9-18(23-2)17(10-16)12-24-13-19(22)20-11-15-6-4-3-5-7-15/h3-10H,11-13H2,1-2H3,(H,20,22). The van der Waals surface area contributed by atoms with Gasteiger partial charge in [-0.1, -0.05) is 30.3 Å². The molecular weight excluding hydrogens is 322 g/mol. The lowest BCUT2D eigenvalue weighted by atomic mass is 10.1. The molecule has 0 spiro atoms. The molecule has 0 fully saturated rings. The number of carbonyl (C=O) groups excluding carboxylic acids is 2. The van der Waals surface area contributed by atoms with Crippen LogP contribution in [0.1, 0.15) is 28.4 Å². The first-order chi connectivity index (χ1) is 11.6. The first kappa shape index (κ1) is 18.1. The summed E-state index contributed by atoms with van der Waals surface area (Å²) >= 11 is 1.50. The predicted octanol–water partition coefficient (Wildman–Crippen LogP) is 3.45. The fourth-order valence-corrected chi connectivity index (χ4v) is 3.05. The van der Waals surface area contributed by atoms with Crippen LogP contribution in [0.4, 0.5) is 0 Å². The largest absolute Gasteiger partial charge is 0.496 e. The number of ketones is 1. The zero-order valence-electron chi connectivity index (χ0n) is 13.9. The summed E-state index contributed by atoms with van der Waals surface area (Å²) in [5.74, 6) is 1.72. The SMILES string of the molecule is COc1ccc(C(C)=O)cc1CSCC(=O)NCc1ccccc1. The fourth-order valence-electron chi connectivity index (χ4n) is 2.21. The van der Waals surface area contributed by atoms with Gasteiger partial charge in [0.1, 0.15) is 5.75 Å². The van der Waals surface area contributed by atoms with Crippen LogP contribution in [0.2, 0.25) is 0 Å². The second-order valence-corrected chi connectivity index (χ2v) is 6.32. The third kappa shape index (κ3) is 5.42. The maximum absolute atomic E-state index is 11.9. The zero-order chi connectivity index (χ0) is 17.4. The van der Waals surface area contributed by atoms with Crippen molar-refractivity contribution in [1.82, 2.24) is 5.32 Å². The van der Waals surface area contributed by atoms with E-state index < -0.39 is 0 Å². The van der Waals surface area contributed by atoms with Gasteiger partial charge >= 0.3 is 0 Å². The Morgan fingerprint density at radius 1 is 1.12 bits per heavy atom.